The molecule has 1 aliphatic carbocycles. The molecule has 0 radical (unpaired) electrons. The Morgan fingerprint density at radius 2 is 1.92 bits per heavy atom. The fraction of sp³-hybridized carbons (Fsp3) is 0.462. The van der Waals surface area contributed by atoms with Crippen LogP contribution in [0, 0.1) is 0 Å². The molecule has 0 atom stereocenters. The summed E-state index contributed by atoms with van der Waals surface area (Å²) in [6, 6.07) is 6.55. The molecule has 0 bridgehead atoms. The van der Waals surface area contributed by atoms with Gasteiger partial charge in [0.1, 0.15) is 28.5 Å². The molecule has 1 saturated carbocycles. The van der Waals surface area contributed by atoms with Gasteiger partial charge in [-0.05, 0) is 37.5 Å². The molecular formula is C26H30F2N4O6S. The molecule has 0 unspecified atom stereocenters. The minimum atomic E-state index is -3.12. The van der Waals surface area contributed by atoms with Gasteiger partial charge in [-0.2, -0.15) is 8.78 Å². The molecule has 0 spiro atoms. The number of halogens is 2. The van der Waals surface area contributed by atoms with Crippen LogP contribution in [-0.2, 0) is 9.84 Å². The predicted molar refractivity (Wildman–Crippen MR) is 140 cm³/mol. The number of hydrogen-bond acceptors (Lipinski definition) is 8. The van der Waals surface area contributed by atoms with Gasteiger partial charge in [-0.25, -0.2) is 13.4 Å². The van der Waals surface area contributed by atoms with Crippen molar-refractivity contribution in [1.82, 2.24) is 19.6 Å². The first-order valence-electron chi connectivity index (χ1n) is 12.7. The lowest BCUT2D eigenvalue weighted by Crippen LogP contribution is -2.40. The topological polar surface area (TPSA) is 111 Å². The van der Waals surface area contributed by atoms with Crippen molar-refractivity contribution in [2.75, 3.05) is 44.9 Å². The molecule has 13 heteroatoms. The smallest absolute Gasteiger partial charge is 0.387 e. The number of alkyl halides is 2. The fourth-order valence-electron chi connectivity index (χ4n) is 4.51. The van der Waals surface area contributed by atoms with Gasteiger partial charge in [0, 0.05) is 43.5 Å². The molecule has 210 valence electrons. The summed E-state index contributed by atoms with van der Waals surface area (Å²) in [5, 5.41) is 2.79. The third-order valence-corrected chi connectivity index (χ3v) is 8.36. The Hall–Kier alpha value is -3.45. The highest BCUT2D eigenvalue weighted by molar-refractivity contribution is 7.91. The van der Waals surface area contributed by atoms with Crippen molar-refractivity contribution < 1.29 is 36.2 Å². The number of pyridine rings is 1. The summed E-state index contributed by atoms with van der Waals surface area (Å²) in [7, 11) is -1.53. The molecule has 1 saturated heterocycles. The number of carbonyl (C=O) groups excluding carboxylic acids is 1. The zero-order chi connectivity index (χ0) is 27.6. The summed E-state index contributed by atoms with van der Waals surface area (Å²) in [6.07, 6.45) is 5.79. The highest BCUT2D eigenvalue weighted by Gasteiger charge is 2.29. The zero-order valence-electron chi connectivity index (χ0n) is 21.4. The lowest BCUT2D eigenvalue weighted by molar-refractivity contribution is -0.0502. The molecule has 10 nitrogen and oxygen atoms in total. The number of amides is 1. The molecule has 1 aliphatic heterocycles. The normalized spacial score (nSPS) is 17.3. The van der Waals surface area contributed by atoms with Crippen molar-refractivity contribution in [2.45, 2.75) is 31.9 Å². The Balaban J connectivity index is 1.30. The summed E-state index contributed by atoms with van der Waals surface area (Å²) in [4.78, 5) is 19.3. The van der Waals surface area contributed by atoms with Crippen LogP contribution in [0.2, 0.25) is 0 Å². The van der Waals surface area contributed by atoms with Gasteiger partial charge in [0.2, 0.25) is 0 Å². The van der Waals surface area contributed by atoms with Crippen molar-refractivity contribution in [3.05, 3.63) is 42.2 Å². The molecule has 3 heterocycles. The van der Waals surface area contributed by atoms with Crippen molar-refractivity contribution in [3.63, 3.8) is 0 Å². The Bertz CT molecular complexity index is 1440. The first kappa shape index (κ1) is 27.1. The summed E-state index contributed by atoms with van der Waals surface area (Å²) in [5.74, 6) is 0.325. The van der Waals surface area contributed by atoms with E-state index >= 15 is 0 Å². The second kappa shape index (κ2) is 11.3. The lowest BCUT2D eigenvalue weighted by atomic mass is 10.1. The average Bonchev–Trinajstić information content (AvgIpc) is 3.61. The molecule has 39 heavy (non-hydrogen) atoms. The summed E-state index contributed by atoms with van der Waals surface area (Å²) >= 11 is 0. The van der Waals surface area contributed by atoms with Crippen LogP contribution < -0.4 is 19.5 Å². The van der Waals surface area contributed by atoms with E-state index in [1.165, 1.54) is 13.2 Å². The maximum absolute atomic E-state index is 13.3. The molecule has 3 aromatic rings. The summed E-state index contributed by atoms with van der Waals surface area (Å²) in [6.45, 7) is -0.811. The Labute approximate surface area is 224 Å². The van der Waals surface area contributed by atoms with Crippen LogP contribution in [0.4, 0.5) is 8.78 Å². The van der Waals surface area contributed by atoms with Gasteiger partial charge in [0.15, 0.2) is 9.84 Å². The highest BCUT2D eigenvalue weighted by atomic mass is 32.2. The zero-order valence-corrected chi connectivity index (χ0v) is 22.3. The third kappa shape index (κ3) is 6.59. The molecule has 1 aromatic carbocycles. The third-order valence-electron chi connectivity index (χ3n) is 6.75. The number of benzene rings is 1. The van der Waals surface area contributed by atoms with Crippen molar-refractivity contribution in [1.29, 1.82) is 0 Å². The maximum Gasteiger partial charge on any atom is 0.387 e. The van der Waals surface area contributed by atoms with E-state index in [0.29, 0.717) is 42.4 Å². The number of nitrogens with zero attached hydrogens (tertiary/aromatic N) is 3. The quantitative estimate of drug-likeness (QED) is 0.354. The molecule has 2 fully saturated rings. The number of aromatic nitrogens is 2. The standard InChI is InChI=1S/C26H30F2N4O6S/c1-36-21-13-17(14-22(38-26(27)28)24(21)25(33)30-18-3-4-18)20-16-29-23-15-19(5-7-32(20)23)37-10-2-6-31-8-11-39(34,35)12-9-31/h5,7,13-16,18,26H,2-4,6,8-12H2,1H3,(H,30,33). The van der Waals surface area contributed by atoms with E-state index in [1.54, 1.807) is 35.0 Å². The predicted octanol–water partition coefficient (Wildman–Crippen LogP) is 3.00. The summed E-state index contributed by atoms with van der Waals surface area (Å²) < 4.78 is 67.4. The Morgan fingerprint density at radius 1 is 1.18 bits per heavy atom. The van der Waals surface area contributed by atoms with Crippen molar-refractivity contribution >= 4 is 21.4 Å². The number of methoxy groups -OCH3 is 1. The van der Waals surface area contributed by atoms with Crippen LogP contribution in [0.5, 0.6) is 17.2 Å². The van der Waals surface area contributed by atoms with E-state index in [9.17, 15) is 22.0 Å². The number of rotatable bonds is 11. The van der Waals surface area contributed by atoms with E-state index in [-0.39, 0.29) is 34.6 Å². The second-order valence-electron chi connectivity index (χ2n) is 9.61. The van der Waals surface area contributed by atoms with E-state index in [1.807, 2.05) is 0 Å². The SMILES string of the molecule is COc1cc(-c2cnc3cc(OCCCN4CCS(=O)(=O)CC4)ccn23)cc(OC(F)F)c1C(=O)NC1CC1. The fourth-order valence-corrected chi connectivity index (χ4v) is 5.79. The number of sulfone groups is 1. The van der Waals surface area contributed by atoms with Gasteiger partial charge in [-0.15, -0.1) is 0 Å². The van der Waals surface area contributed by atoms with Crippen LogP contribution in [0.25, 0.3) is 16.9 Å². The van der Waals surface area contributed by atoms with E-state index < -0.39 is 22.4 Å². The van der Waals surface area contributed by atoms with Gasteiger partial charge in [-0.3, -0.25) is 9.20 Å². The molecule has 5 rings (SSSR count). The van der Waals surface area contributed by atoms with Crippen LogP contribution in [0.3, 0.4) is 0 Å². The largest absolute Gasteiger partial charge is 0.496 e. The number of nitrogens with one attached hydrogen (secondary N) is 1. The number of carbonyl (C=O) groups is 1. The monoisotopic (exact) mass is 564 g/mol. The number of hydrogen-bond donors (Lipinski definition) is 1. The van der Waals surface area contributed by atoms with Crippen molar-refractivity contribution in [2.24, 2.45) is 0 Å². The van der Waals surface area contributed by atoms with E-state index in [0.717, 1.165) is 25.8 Å². The summed E-state index contributed by atoms with van der Waals surface area (Å²) in [5.41, 5.74) is 1.57. The molecule has 2 aromatic heterocycles. The van der Waals surface area contributed by atoms with Crippen LogP contribution >= 0.6 is 0 Å². The van der Waals surface area contributed by atoms with Crippen LogP contribution in [-0.4, -0.2) is 86.1 Å². The average molecular weight is 565 g/mol. The molecule has 1 amide bonds. The number of ether oxygens (including phenoxy) is 3. The second-order valence-corrected chi connectivity index (χ2v) is 11.9. The molecule has 2 aliphatic rings. The molecular weight excluding hydrogens is 534 g/mol. The van der Waals surface area contributed by atoms with E-state index in [4.69, 9.17) is 14.2 Å². The Morgan fingerprint density at radius 3 is 2.62 bits per heavy atom. The lowest BCUT2D eigenvalue weighted by Gasteiger charge is -2.26. The van der Waals surface area contributed by atoms with Crippen LogP contribution in [0.1, 0.15) is 29.6 Å². The van der Waals surface area contributed by atoms with Gasteiger partial charge >= 0.3 is 6.61 Å². The van der Waals surface area contributed by atoms with Gasteiger partial charge in [-0.1, -0.05) is 0 Å². The maximum atomic E-state index is 13.3. The minimum absolute atomic E-state index is 0.0278. The first-order valence-corrected chi connectivity index (χ1v) is 14.6. The van der Waals surface area contributed by atoms with Gasteiger partial charge < -0.3 is 24.4 Å². The van der Waals surface area contributed by atoms with E-state index in [2.05, 4.69) is 15.2 Å². The van der Waals surface area contributed by atoms with Gasteiger partial charge in [0.05, 0.1) is 37.1 Å². The minimum Gasteiger partial charge on any atom is -0.496 e. The Kier molecular flexibility index (Phi) is 7.89. The number of imidazole rings is 1. The van der Waals surface area contributed by atoms with Crippen LogP contribution in [0.15, 0.2) is 36.7 Å². The van der Waals surface area contributed by atoms with Gasteiger partial charge in [0.25, 0.3) is 5.91 Å². The van der Waals surface area contributed by atoms with Crippen molar-refractivity contribution in [3.8, 4) is 28.5 Å². The molecule has 1 N–H and O–H groups in total. The highest BCUT2D eigenvalue weighted by Crippen LogP contribution is 2.37. The first-order chi connectivity index (χ1) is 18.7. The number of fused-ring (bicyclic) bond motifs is 1.